The first-order valence-electron chi connectivity index (χ1n) is 10.0. The molecule has 0 bridgehead atoms. The minimum absolute atomic E-state index is 0.151. The maximum Gasteiger partial charge on any atom is 0.266 e. The molecule has 0 amide bonds. The number of hydrogen-bond donors (Lipinski definition) is 4. The van der Waals surface area contributed by atoms with Crippen molar-refractivity contribution in [1.29, 1.82) is 0 Å². The van der Waals surface area contributed by atoms with Gasteiger partial charge in [-0.3, -0.25) is 4.72 Å². The van der Waals surface area contributed by atoms with Crippen molar-refractivity contribution in [1.82, 2.24) is 15.6 Å². The SMILES string of the molecule is O=S(=O)(Nc1nccs1)c1cc(Cl)c(NCCCCN[C@H]2CCCCNC2)cc1F. The second-order valence-electron chi connectivity index (χ2n) is 7.19. The molecule has 166 valence electrons. The number of thiazole rings is 1. The fourth-order valence-electron chi connectivity index (χ4n) is 3.29. The van der Waals surface area contributed by atoms with Crippen LogP contribution in [0.4, 0.5) is 15.2 Å². The lowest BCUT2D eigenvalue weighted by atomic mass is 10.1. The van der Waals surface area contributed by atoms with Crippen LogP contribution in [0.5, 0.6) is 0 Å². The van der Waals surface area contributed by atoms with Gasteiger partial charge in [-0.15, -0.1) is 11.3 Å². The van der Waals surface area contributed by atoms with E-state index in [-0.39, 0.29) is 10.2 Å². The maximum absolute atomic E-state index is 14.5. The quantitative estimate of drug-likeness (QED) is 0.392. The van der Waals surface area contributed by atoms with Gasteiger partial charge in [0.2, 0.25) is 0 Å². The highest BCUT2D eigenvalue weighted by atomic mass is 35.5. The van der Waals surface area contributed by atoms with E-state index in [9.17, 15) is 12.8 Å². The van der Waals surface area contributed by atoms with E-state index in [4.69, 9.17) is 11.6 Å². The summed E-state index contributed by atoms with van der Waals surface area (Å²) in [6.07, 6.45) is 7.01. The minimum Gasteiger partial charge on any atom is -0.384 e. The number of hydrogen-bond acceptors (Lipinski definition) is 7. The lowest BCUT2D eigenvalue weighted by molar-refractivity contribution is 0.467. The van der Waals surface area contributed by atoms with Crippen molar-refractivity contribution in [2.75, 3.05) is 36.2 Å². The highest BCUT2D eigenvalue weighted by Gasteiger charge is 2.22. The molecular formula is C19H27ClFN5O2S2. The van der Waals surface area contributed by atoms with Crippen molar-refractivity contribution in [3.8, 4) is 0 Å². The van der Waals surface area contributed by atoms with Crippen molar-refractivity contribution in [3.05, 3.63) is 34.5 Å². The molecule has 1 aromatic carbocycles. The van der Waals surface area contributed by atoms with Gasteiger partial charge in [-0.05, 0) is 50.9 Å². The van der Waals surface area contributed by atoms with Crippen molar-refractivity contribution in [3.63, 3.8) is 0 Å². The molecule has 0 unspecified atom stereocenters. The molecule has 1 aliphatic rings. The van der Waals surface area contributed by atoms with Gasteiger partial charge < -0.3 is 16.0 Å². The third-order valence-electron chi connectivity index (χ3n) is 4.86. The zero-order valence-electron chi connectivity index (χ0n) is 16.6. The zero-order valence-corrected chi connectivity index (χ0v) is 19.0. The molecule has 2 heterocycles. The van der Waals surface area contributed by atoms with Crippen LogP contribution in [0.15, 0.2) is 28.6 Å². The first-order chi connectivity index (χ1) is 14.5. The van der Waals surface area contributed by atoms with Crippen LogP contribution < -0.4 is 20.7 Å². The summed E-state index contributed by atoms with van der Waals surface area (Å²) in [4.78, 5) is 3.34. The lowest BCUT2D eigenvalue weighted by Gasteiger charge is -2.16. The molecular weight excluding hydrogens is 449 g/mol. The summed E-state index contributed by atoms with van der Waals surface area (Å²) in [6, 6.07) is 2.76. The second-order valence-corrected chi connectivity index (χ2v) is 10.1. The van der Waals surface area contributed by atoms with Crippen LogP contribution in [-0.4, -0.2) is 45.6 Å². The average Bonchev–Trinajstić information content (AvgIpc) is 3.06. The maximum atomic E-state index is 14.5. The van der Waals surface area contributed by atoms with E-state index < -0.39 is 20.7 Å². The molecule has 3 rings (SSSR count). The van der Waals surface area contributed by atoms with E-state index in [1.54, 1.807) is 5.38 Å². The Labute approximate surface area is 185 Å². The topological polar surface area (TPSA) is 95.2 Å². The van der Waals surface area contributed by atoms with Gasteiger partial charge in [0.25, 0.3) is 10.0 Å². The van der Waals surface area contributed by atoms with Crippen LogP contribution in [0.1, 0.15) is 32.1 Å². The second kappa shape index (κ2) is 11.2. The van der Waals surface area contributed by atoms with Gasteiger partial charge >= 0.3 is 0 Å². The number of anilines is 2. The fourth-order valence-corrected chi connectivity index (χ4v) is 5.46. The molecule has 0 radical (unpaired) electrons. The Morgan fingerprint density at radius 2 is 2.10 bits per heavy atom. The molecule has 1 aliphatic heterocycles. The number of halogens is 2. The summed E-state index contributed by atoms with van der Waals surface area (Å²) in [6.45, 7) is 3.66. The summed E-state index contributed by atoms with van der Waals surface area (Å²) in [7, 11) is -4.10. The molecule has 0 spiro atoms. The number of benzene rings is 1. The zero-order chi connectivity index (χ0) is 21.4. The fraction of sp³-hybridized carbons (Fsp3) is 0.526. The molecule has 1 atom stereocenters. The van der Waals surface area contributed by atoms with Crippen molar-refractivity contribution in [2.24, 2.45) is 0 Å². The van der Waals surface area contributed by atoms with Gasteiger partial charge in [0.15, 0.2) is 5.13 Å². The van der Waals surface area contributed by atoms with E-state index in [1.807, 2.05) is 0 Å². The Morgan fingerprint density at radius 1 is 1.27 bits per heavy atom. The van der Waals surface area contributed by atoms with Crippen molar-refractivity contribution in [2.45, 2.75) is 43.0 Å². The van der Waals surface area contributed by atoms with E-state index in [1.165, 1.54) is 25.5 Å². The normalized spacial score (nSPS) is 17.5. The smallest absolute Gasteiger partial charge is 0.266 e. The number of sulfonamides is 1. The van der Waals surface area contributed by atoms with E-state index in [0.717, 1.165) is 55.9 Å². The Hall–Kier alpha value is -1.46. The van der Waals surface area contributed by atoms with Gasteiger partial charge in [0.1, 0.15) is 10.7 Å². The van der Waals surface area contributed by atoms with Crippen LogP contribution in [0.3, 0.4) is 0 Å². The Kier molecular flexibility index (Phi) is 8.70. The number of rotatable bonds is 10. The first-order valence-corrected chi connectivity index (χ1v) is 12.8. The van der Waals surface area contributed by atoms with Gasteiger partial charge in [0, 0.05) is 30.7 Å². The molecule has 1 fully saturated rings. The first kappa shape index (κ1) is 23.2. The number of nitrogens with one attached hydrogen (secondary N) is 4. The van der Waals surface area contributed by atoms with Gasteiger partial charge in [-0.25, -0.2) is 17.8 Å². The Balaban J connectivity index is 1.47. The van der Waals surface area contributed by atoms with Crippen LogP contribution in [0.2, 0.25) is 5.02 Å². The molecule has 0 saturated carbocycles. The van der Waals surface area contributed by atoms with Crippen molar-refractivity contribution >= 4 is 43.8 Å². The summed E-state index contributed by atoms with van der Waals surface area (Å²) in [5.41, 5.74) is 0.378. The predicted octanol–water partition coefficient (Wildman–Crippen LogP) is 3.66. The molecule has 0 aliphatic carbocycles. The standard InChI is InChI=1S/C19H27ClFN5O2S2/c20-15-11-18(30(27,28)26-19-25-9-10-29-19)16(21)12-17(15)24-8-4-3-7-23-14-5-1-2-6-22-13-14/h9-12,14,22-24H,1-8,13H2,(H,25,26)/t14-/m0/s1. The Bertz CT molecular complexity index is 904. The van der Waals surface area contributed by atoms with Crippen LogP contribution >= 0.6 is 22.9 Å². The molecule has 1 saturated heterocycles. The van der Waals surface area contributed by atoms with E-state index in [2.05, 4.69) is 25.7 Å². The molecule has 11 heteroatoms. The number of nitrogens with zero attached hydrogens (tertiary/aromatic N) is 1. The summed E-state index contributed by atoms with van der Waals surface area (Å²) in [5.74, 6) is -0.867. The lowest BCUT2D eigenvalue weighted by Crippen LogP contribution is -2.37. The van der Waals surface area contributed by atoms with Crippen LogP contribution in [0.25, 0.3) is 0 Å². The Morgan fingerprint density at radius 3 is 2.90 bits per heavy atom. The minimum atomic E-state index is -4.10. The number of unbranched alkanes of at least 4 members (excludes halogenated alkanes) is 1. The number of aromatic nitrogens is 1. The summed E-state index contributed by atoms with van der Waals surface area (Å²) < 4.78 is 41.5. The molecule has 1 aromatic heterocycles. The van der Waals surface area contributed by atoms with Gasteiger partial charge in [0.05, 0.1) is 10.7 Å². The highest BCUT2D eigenvalue weighted by molar-refractivity contribution is 7.93. The third-order valence-corrected chi connectivity index (χ3v) is 7.35. The average molecular weight is 476 g/mol. The summed E-state index contributed by atoms with van der Waals surface area (Å²) >= 11 is 7.30. The third kappa shape index (κ3) is 6.78. The van der Waals surface area contributed by atoms with Crippen LogP contribution in [0, 0.1) is 5.82 Å². The molecule has 2 aromatic rings. The summed E-state index contributed by atoms with van der Waals surface area (Å²) in [5, 5.41) is 12.0. The monoisotopic (exact) mass is 475 g/mol. The van der Waals surface area contributed by atoms with Gasteiger partial charge in [-0.2, -0.15) is 0 Å². The molecule has 4 N–H and O–H groups in total. The van der Waals surface area contributed by atoms with E-state index in [0.29, 0.717) is 18.3 Å². The molecule has 7 nitrogen and oxygen atoms in total. The highest BCUT2D eigenvalue weighted by Crippen LogP contribution is 2.29. The molecule has 30 heavy (non-hydrogen) atoms. The van der Waals surface area contributed by atoms with E-state index >= 15 is 0 Å². The predicted molar refractivity (Wildman–Crippen MR) is 121 cm³/mol. The van der Waals surface area contributed by atoms with Crippen molar-refractivity contribution < 1.29 is 12.8 Å². The largest absolute Gasteiger partial charge is 0.384 e. The van der Waals surface area contributed by atoms with Gasteiger partial charge in [-0.1, -0.05) is 18.0 Å². The van der Waals surface area contributed by atoms with Crippen LogP contribution in [-0.2, 0) is 10.0 Å².